The van der Waals surface area contributed by atoms with E-state index in [1.165, 1.54) is 5.56 Å². The zero-order valence-corrected chi connectivity index (χ0v) is 14.4. The number of likely N-dealkylation sites (N-methyl/N-ethyl adjacent to an activating group) is 1. The Morgan fingerprint density at radius 3 is 2.30 bits per heavy atom. The molecule has 128 valence electrons. The first-order valence-electron chi connectivity index (χ1n) is 7.86. The Kier molecular flexibility index (Phi) is 7.71. The average Bonchev–Trinajstić information content (AvgIpc) is 2.51. The van der Waals surface area contributed by atoms with Crippen LogP contribution in [-0.2, 0) is 16.0 Å². The van der Waals surface area contributed by atoms with Gasteiger partial charge in [0.15, 0.2) is 0 Å². The predicted molar refractivity (Wildman–Crippen MR) is 93.2 cm³/mol. The summed E-state index contributed by atoms with van der Waals surface area (Å²) >= 11 is 0. The Morgan fingerprint density at radius 1 is 1.17 bits per heavy atom. The van der Waals surface area contributed by atoms with Crippen molar-refractivity contribution in [2.75, 3.05) is 32.5 Å². The van der Waals surface area contributed by atoms with E-state index in [-0.39, 0.29) is 24.3 Å². The summed E-state index contributed by atoms with van der Waals surface area (Å²) in [6, 6.07) is 7.12. The molecule has 6 nitrogen and oxygen atoms in total. The molecule has 0 aliphatic heterocycles. The summed E-state index contributed by atoms with van der Waals surface area (Å²) in [5, 5.41) is 5.30. The van der Waals surface area contributed by atoms with Crippen molar-refractivity contribution in [2.45, 2.75) is 26.3 Å². The molecule has 0 aliphatic carbocycles. The van der Waals surface area contributed by atoms with Crippen LogP contribution in [0.5, 0.6) is 0 Å². The highest BCUT2D eigenvalue weighted by Gasteiger charge is 2.17. The number of nitrogens with one attached hydrogen (secondary N) is 2. The quantitative estimate of drug-likeness (QED) is 0.662. The van der Waals surface area contributed by atoms with Crippen LogP contribution in [0.15, 0.2) is 24.3 Å². The highest BCUT2D eigenvalue weighted by atomic mass is 16.2. The van der Waals surface area contributed by atoms with Crippen LogP contribution in [0, 0.1) is 5.92 Å². The first kappa shape index (κ1) is 19.1. The van der Waals surface area contributed by atoms with Gasteiger partial charge in [-0.2, -0.15) is 0 Å². The predicted octanol–water partition coefficient (Wildman–Crippen LogP) is 0.829. The third-order valence-electron chi connectivity index (χ3n) is 3.53. The van der Waals surface area contributed by atoms with Gasteiger partial charge in [-0.1, -0.05) is 26.0 Å². The zero-order valence-electron chi connectivity index (χ0n) is 14.4. The summed E-state index contributed by atoms with van der Waals surface area (Å²) < 4.78 is 0. The molecule has 0 heterocycles. The van der Waals surface area contributed by atoms with E-state index in [0.29, 0.717) is 5.69 Å². The fraction of sp³-hybridized carbons (Fsp3) is 0.529. The fourth-order valence-corrected chi connectivity index (χ4v) is 1.90. The largest absolute Gasteiger partial charge is 0.346 e. The molecule has 1 aromatic rings. The van der Waals surface area contributed by atoms with Crippen LogP contribution >= 0.6 is 0 Å². The van der Waals surface area contributed by atoms with Crippen molar-refractivity contribution >= 4 is 17.5 Å². The normalized spacial score (nSPS) is 12.3. The molecule has 0 bridgehead atoms. The summed E-state index contributed by atoms with van der Waals surface area (Å²) in [5.41, 5.74) is 7.65. The van der Waals surface area contributed by atoms with Crippen LogP contribution < -0.4 is 16.4 Å². The van der Waals surface area contributed by atoms with Crippen LogP contribution in [0.3, 0.4) is 0 Å². The Morgan fingerprint density at radius 2 is 1.78 bits per heavy atom. The lowest BCUT2D eigenvalue weighted by Crippen LogP contribution is -2.46. The smallest absolute Gasteiger partial charge is 0.243 e. The molecule has 23 heavy (non-hydrogen) atoms. The van der Waals surface area contributed by atoms with Gasteiger partial charge in [0.25, 0.3) is 0 Å². The minimum absolute atomic E-state index is 0.0350. The number of carbonyl (C=O) groups excluding carboxylic acids is 2. The molecule has 0 radical (unpaired) electrons. The van der Waals surface area contributed by atoms with Gasteiger partial charge in [-0.3, -0.25) is 9.59 Å². The molecule has 2 amide bonds. The van der Waals surface area contributed by atoms with Crippen LogP contribution in [0.2, 0.25) is 0 Å². The van der Waals surface area contributed by atoms with Crippen LogP contribution in [0.25, 0.3) is 0 Å². The molecule has 0 aromatic heterocycles. The van der Waals surface area contributed by atoms with Gasteiger partial charge in [0, 0.05) is 12.2 Å². The molecule has 1 aromatic carbocycles. The van der Waals surface area contributed by atoms with E-state index in [4.69, 9.17) is 5.73 Å². The molecule has 0 fully saturated rings. The van der Waals surface area contributed by atoms with Crippen molar-refractivity contribution in [1.82, 2.24) is 10.2 Å². The molecule has 4 N–H and O–H groups in total. The average molecular weight is 320 g/mol. The van der Waals surface area contributed by atoms with Gasteiger partial charge in [-0.05, 0) is 44.1 Å². The van der Waals surface area contributed by atoms with Crippen molar-refractivity contribution in [3.8, 4) is 0 Å². The van der Waals surface area contributed by atoms with Crippen molar-refractivity contribution in [3.63, 3.8) is 0 Å². The molecule has 1 rings (SSSR count). The van der Waals surface area contributed by atoms with Gasteiger partial charge in [0.1, 0.15) is 0 Å². The van der Waals surface area contributed by atoms with Gasteiger partial charge in [0.05, 0.1) is 12.6 Å². The van der Waals surface area contributed by atoms with Gasteiger partial charge in [-0.15, -0.1) is 0 Å². The maximum Gasteiger partial charge on any atom is 0.243 e. The summed E-state index contributed by atoms with van der Waals surface area (Å²) in [6.45, 7) is 4.62. The SMILES string of the molecule is CC(C)[C@H](N)C(=O)NCC(=O)Nc1ccc(CCN(C)C)cc1. The van der Waals surface area contributed by atoms with E-state index in [0.717, 1.165) is 13.0 Å². The molecule has 0 unspecified atom stereocenters. The van der Waals surface area contributed by atoms with Gasteiger partial charge >= 0.3 is 0 Å². The maximum absolute atomic E-state index is 11.8. The third kappa shape index (κ3) is 7.25. The lowest BCUT2D eigenvalue weighted by molar-refractivity contribution is -0.125. The lowest BCUT2D eigenvalue weighted by atomic mass is 10.1. The van der Waals surface area contributed by atoms with Crippen molar-refractivity contribution in [2.24, 2.45) is 11.7 Å². The van der Waals surface area contributed by atoms with Crippen LogP contribution in [0.1, 0.15) is 19.4 Å². The van der Waals surface area contributed by atoms with E-state index in [1.807, 2.05) is 52.2 Å². The number of anilines is 1. The number of benzene rings is 1. The number of nitrogens with zero attached hydrogens (tertiary/aromatic N) is 1. The van der Waals surface area contributed by atoms with Crippen molar-refractivity contribution < 1.29 is 9.59 Å². The number of carbonyl (C=O) groups is 2. The Labute approximate surface area is 138 Å². The number of nitrogens with two attached hydrogens (primary N) is 1. The molecular weight excluding hydrogens is 292 g/mol. The third-order valence-corrected chi connectivity index (χ3v) is 3.53. The number of rotatable bonds is 8. The van der Waals surface area contributed by atoms with E-state index in [2.05, 4.69) is 15.5 Å². The second kappa shape index (κ2) is 9.27. The molecular formula is C17H28N4O2. The Bertz CT molecular complexity index is 512. The standard InChI is InChI=1S/C17H28N4O2/c1-12(2)16(18)17(23)19-11-15(22)20-14-7-5-13(6-8-14)9-10-21(3)4/h5-8,12,16H,9-11,18H2,1-4H3,(H,19,23)(H,20,22)/t16-/m0/s1. The van der Waals surface area contributed by atoms with Gasteiger partial charge < -0.3 is 21.3 Å². The molecule has 1 atom stereocenters. The zero-order chi connectivity index (χ0) is 17.4. The van der Waals surface area contributed by atoms with E-state index < -0.39 is 6.04 Å². The van der Waals surface area contributed by atoms with E-state index >= 15 is 0 Å². The lowest BCUT2D eigenvalue weighted by Gasteiger charge is -2.15. The van der Waals surface area contributed by atoms with Gasteiger partial charge in [-0.25, -0.2) is 0 Å². The molecule has 0 saturated heterocycles. The summed E-state index contributed by atoms with van der Waals surface area (Å²) in [6.07, 6.45) is 0.963. The van der Waals surface area contributed by atoms with Crippen LogP contribution in [0.4, 0.5) is 5.69 Å². The van der Waals surface area contributed by atoms with Crippen molar-refractivity contribution in [3.05, 3.63) is 29.8 Å². The molecule has 6 heteroatoms. The highest BCUT2D eigenvalue weighted by molar-refractivity contribution is 5.95. The molecule has 0 spiro atoms. The summed E-state index contributed by atoms with van der Waals surface area (Å²) in [4.78, 5) is 25.7. The number of hydrogen-bond acceptors (Lipinski definition) is 4. The fourth-order valence-electron chi connectivity index (χ4n) is 1.90. The summed E-state index contributed by atoms with van der Waals surface area (Å²) in [5.74, 6) is -0.544. The Hall–Kier alpha value is -1.92. The van der Waals surface area contributed by atoms with Crippen molar-refractivity contribution in [1.29, 1.82) is 0 Å². The van der Waals surface area contributed by atoms with E-state index in [1.54, 1.807) is 0 Å². The van der Waals surface area contributed by atoms with Crippen LogP contribution in [-0.4, -0.2) is 49.9 Å². The van der Waals surface area contributed by atoms with E-state index in [9.17, 15) is 9.59 Å². The number of amides is 2. The molecule has 0 saturated carbocycles. The van der Waals surface area contributed by atoms with Gasteiger partial charge in [0.2, 0.25) is 11.8 Å². The molecule has 0 aliphatic rings. The number of hydrogen-bond donors (Lipinski definition) is 3. The Balaban J connectivity index is 2.41. The minimum Gasteiger partial charge on any atom is -0.346 e. The topological polar surface area (TPSA) is 87.5 Å². The first-order chi connectivity index (χ1) is 10.8. The second-order valence-corrected chi connectivity index (χ2v) is 6.29. The highest BCUT2D eigenvalue weighted by Crippen LogP contribution is 2.10. The second-order valence-electron chi connectivity index (χ2n) is 6.29. The minimum atomic E-state index is -0.598. The summed E-state index contributed by atoms with van der Waals surface area (Å²) in [7, 11) is 4.07. The monoisotopic (exact) mass is 320 g/mol. The first-order valence-corrected chi connectivity index (χ1v) is 7.86. The maximum atomic E-state index is 11.8.